The Balaban J connectivity index is 1.69. The summed E-state index contributed by atoms with van der Waals surface area (Å²) < 4.78 is 11.4. The molecule has 2 fully saturated rings. The molecule has 0 amide bonds. The predicted octanol–water partition coefficient (Wildman–Crippen LogP) is 3.57. The van der Waals surface area contributed by atoms with E-state index >= 15 is 0 Å². The van der Waals surface area contributed by atoms with E-state index in [9.17, 15) is 4.79 Å². The summed E-state index contributed by atoms with van der Waals surface area (Å²) in [5.74, 6) is 3.39. The minimum Gasteiger partial charge on any atom is -0.494 e. The maximum atomic E-state index is 12.7. The highest BCUT2D eigenvalue weighted by Gasteiger charge is 2.42. The molecule has 0 bridgehead atoms. The minimum atomic E-state index is -0.0332. The van der Waals surface area contributed by atoms with Gasteiger partial charge in [-0.25, -0.2) is 0 Å². The van der Waals surface area contributed by atoms with Crippen LogP contribution < -0.4 is 4.74 Å². The summed E-state index contributed by atoms with van der Waals surface area (Å²) in [5, 5.41) is 0. The molecular formula is C17H22O3S. The first kappa shape index (κ1) is 14.9. The van der Waals surface area contributed by atoms with Crippen molar-refractivity contribution in [3.05, 3.63) is 29.8 Å². The third-order valence-electron chi connectivity index (χ3n) is 4.38. The van der Waals surface area contributed by atoms with Gasteiger partial charge in [-0.05, 0) is 56.2 Å². The second-order valence-corrected chi connectivity index (χ2v) is 6.95. The number of thioether (sulfide) groups is 1. The molecule has 114 valence electrons. The van der Waals surface area contributed by atoms with Crippen LogP contribution in [0.1, 0.15) is 36.5 Å². The van der Waals surface area contributed by atoms with Gasteiger partial charge in [-0.2, -0.15) is 11.8 Å². The van der Waals surface area contributed by atoms with Crippen molar-refractivity contribution in [3.63, 3.8) is 0 Å². The zero-order valence-corrected chi connectivity index (χ0v) is 13.3. The van der Waals surface area contributed by atoms with Gasteiger partial charge in [0.2, 0.25) is 0 Å². The van der Waals surface area contributed by atoms with Crippen molar-refractivity contribution in [3.8, 4) is 5.75 Å². The number of carbonyl (C=O) groups excluding carboxylic acids is 1. The van der Waals surface area contributed by atoms with Gasteiger partial charge in [0.1, 0.15) is 5.75 Å². The molecule has 0 saturated carbocycles. The van der Waals surface area contributed by atoms with E-state index in [1.165, 1.54) is 0 Å². The van der Waals surface area contributed by atoms with E-state index < -0.39 is 0 Å². The van der Waals surface area contributed by atoms with E-state index in [2.05, 4.69) is 0 Å². The van der Waals surface area contributed by atoms with E-state index in [0.29, 0.717) is 13.2 Å². The number of rotatable bonds is 4. The zero-order chi connectivity index (χ0) is 14.7. The van der Waals surface area contributed by atoms with Crippen LogP contribution in [-0.4, -0.2) is 36.1 Å². The molecule has 2 atom stereocenters. The summed E-state index contributed by atoms with van der Waals surface area (Å²) in [6, 6.07) is 7.55. The molecule has 2 aliphatic rings. The van der Waals surface area contributed by atoms with Crippen molar-refractivity contribution >= 4 is 17.5 Å². The Morgan fingerprint density at radius 2 is 2.24 bits per heavy atom. The van der Waals surface area contributed by atoms with Gasteiger partial charge in [0.15, 0.2) is 5.78 Å². The highest BCUT2D eigenvalue weighted by molar-refractivity contribution is 7.99. The van der Waals surface area contributed by atoms with Crippen molar-refractivity contribution in [1.82, 2.24) is 0 Å². The van der Waals surface area contributed by atoms with Crippen LogP contribution in [-0.2, 0) is 4.74 Å². The Kier molecular flexibility index (Phi) is 4.55. The molecule has 0 N–H and O–H groups in total. The van der Waals surface area contributed by atoms with Gasteiger partial charge in [-0.3, -0.25) is 4.79 Å². The van der Waals surface area contributed by atoms with Crippen LogP contribution in [0.3, 0.4) is 0 Å². The first-order valence-electron chi connectivity index (χ1n) is 7.71. The summed E-state index contributed by atoms with van der Waals surface area (Å²) in [7, 11) is 0. The maximum Gasteiger partial charge on any atom is 0.166 e. The lowest BCUT2D eigenvalue weighted by Crippen LogP contribution is -2.42. The molecule has 1 spiro atoms. The summed E-state index contributed by atoms with van der Waals surface area (Å²) in [5.41, 5.74) is 0.764. The maximum absolute atomic E-state index is 12.7. The lowest BCUT2D eigenvalue weighted by Gasteiger charge is -2.37. The van der Waals surface area contributed by atoms with Crippen LogP contribution in [0.4, 0.5) is 0 Å². The molecule has 21 heavy (non-hydrogen) atoms. The van der Waals surface area contributed by atoms with E-state index in [1.54, 1.807) is 0 Å². The molecule has 3 rings (SSSR count). The number of ether oxygens (including phenoxy) is 2. The molecule has 2 aliphatic heterocycles. The largest absolute Gasteiger partial charge is 0.494 e. The molecule has 2 saturated heterocycles. The van der Waals surface area contributed by atoms with Crippen molar-refractivity contribution in [2.75, 3.05) is 24.7 Å². The summed E-state index contributed by atoms with van der Waals surface area (Å²) in [6.45, 7) is 3.32. The van der Waals surface area contributed by atoms with Gasteiger partial charge in [-0.15, -0.1) is 0 Å². The third-order valence-corrected chi connectivity index (χ3v) is 5.60. The monoisotopic (exact) mass is 306 g/mol. The van der Waals surface area contributed by atoms with Crippen LogP contribution in [0.5, 0.6) is 5.75 Å². The number of benzene rings is 1. The number of Topliss-reactive ketones (excluding diaryl/α,β-unsaturated/α-hetero) is 1. The van der Waals surface area contributed by atoms with Crippen LogP contribution in [0.25, 0.3) is 0 Å². The van der Waals surface area contributed by atoms with Crippen molar-refractivity contribution in [2.24, 2.45) is 5.92 Å². The number of hydrogen-bond acceptors (Lipinski definition) is 4. The Bertz CT molecular complexity index is 491. The van der Waals surface area contributed by atoms with Crippen molar-refractivity contribution in [2.45, 2.75) is 31.8 Å². The van der Waals surface area contributed by atoms with Gasteiger partial charge < -0.3 is 9.47 Å². The number of carbonyl (C=O) groups is 1. The smallest absolute Gasteiger partial charge is 0.166 e. The van der Waals surface area contributed by atoms with Crippen LogP contribution in [0.15, 0.2) is 24.3 Å². The average Bonchev–Trinajstić information content (AvgIpc) is 2.95. The normalized spacial score (nSPS) is 28.7. The zero-order valence-electron chi connectivity index (χ0n) is 12.5. The van der Waals surface area contributed by atoms with E-state index in [4.69, 9.17) is 9.47 Å². The van der Waals surface area contributed by atoms with Gasteiger partial charge in [-0.1, -0.05) is 0 Å². The number of hydrogen-bond donors (Lipinski definition) is 0. The molecule has 0 radical (unpaired) electrons. The van der Waals surface area contributed by atoms with E-state index in [0.717, 1.165) is 42.1 Å². The van der Waals surface area contributed by atoms with Crippen LogP contribution in [0, 0.1) is 5.92 Å². The minimum absolute atomic E-state index is 0.0332. The van der Waals surface area contributed by atoms with Crippen LogP contribution >= 0.6 is 11.8 Å². The molecule has 3 nitrogen and oxygen atoms in total. The lowest BCUT2D eigenvalue weighted by atomic mass is 9.81. The van der Waals surface area contributed by atoms with Crippen molar-refractivity contribution < 1.29 is 14.3 Å². The van der Waals surface area contributed by atoms with Gasteiger partial charge >= 0.3 is 0 Å². The molecule has 1 aromatic rings. The molecular weight excluding hydrogens is 284 g/mol. The Morgan fingerprint density at radius 3 is 2.90 bits per heavy atom. The summed E-state index contributed by atoms with van der Waals surface area (Å²) >= 11 is 1.94. The first-order valence-corrected chi connectivity index (χ1v) is 8.87. The molecule has 0 aliphatic carbocycles. The standard InChI is InChI=1S/C17H22O3S/c1-2-19-15-5-3-13(4-6-15)16(18)14-7-9-20-17(11-14)8-10-21-12-17/h3-6,14H,2,7-12H2,1H3. The Labute approximate surface area is 130 Å². The topological polar surface area (TPSA) is 35.5 Å². The Hall–Kier alpha value is -1.00. The molecule has 1 aromatic carbocycles. The Morgan fingerprint density at radius 1 is 1.43 bits per heavy atom. The van der Waals surface area contributed by atoms with Crippen LogP contribution in [0.2, 0.25) is 0 Å². The van der Waals surface area contributed by atoms with E-state index in [-0.39, 0.29) is 17.3 Å². The fraction of sp³-hybridized carbons (Fsp3) is 0.588. The second kappa shape index (κ2) is 6.41. The van der Waals surface area contributed by atoms with Crippen molar-refractivity contribution in [1.29, 1.82) is 0 Å². The predicted molar refractivity (Wildman–Crippen MR) is 85.3 cm³/mol. The SMILES string of the molecule is CCOc1ccc(C(=O)C2CCOC3(CCSC3)C2)cc1. The third kappa shape index (κ3) is 3.27. The average molecular weight is 306 g/mol. The molecule has 2 heterocycles. The fourth-order valence-corrected chi connectivity index (χ4v) is 4.61. The van der Waals surface area contributed by atoms with Gasteiger partial charge in [0.05, 0.1) is 12.2 Å². The number of ketones is 1. The highest BCUT2D eigenvalue weighted by atomic mass is 32.2. The molecule has 2 unspecified atom stereocenters. The van der Waals surface area contributed by atoms with E-state index in [1.807, 2.05) is 43.0 Å². The highest BCUT2D eigenvalue weighted by Crippen LogP contribution is 2.41. The van der Waals surface area contributed by atoms with Gasteiger partial charge in [0, 0.05) is 23.8 Å². The fourth-order valence-electron chi connectivity index (χ4n) is 3.23. The first-order chi connectivity index (χ1) is 10.2. The second-order valence-electron chi connectivity index (χ2n) is 5.85. The summed E-state index contributed by atoms with van der Waals surface area (Å²) in [4.78, 5) is 12.7. The molecule has 4 heteroatoms. The summed E-state index contributed by atoms with van der Waals surface area (Å²) in [6.07, 6.45) is 2.81. The quantitative estimate of drug-likeness (QED) is 0.797. The van der Waals surface area contributed by atoms with Gasteiger partial charge in [0.25, 0.3) is 0 Å². The lowest BCUT2D eigenvalue weighted by molar-refractivity contribution is -0.0734. The molecule has 0 aromatic heterocycles.